The van der Waals surface area contributed by atoms with E-state index in [9.17, 15) is 4.79 Å². The number of aromatic nitrogens is 2. The SMILES string of the molecule is C=CCNC(=O)c1cnc(Nc2cccc(Br)c2)cn1. The van der Waals surface area contributed by atoms with Gasteiger partial charge in [0.1, 0.15) is 11.5 Å². The third-order valence-electron chi connectivity index (χ3n) is 2.39. The quantitative estimate of drug-likeness (QED) is 0.826. The Balaban J connectivity index is 2.04. The van der Waals surface area contributed by atoms with Gasteiger partial charge in [0.05, 0.1) is 12.4 Å². The topological polar surface area (TPSA) is 66.9 Å². The van der Waals surface area contributed by atoms with Crippen LogP contribution in [0.5, 0.6) is 0 Å². The molecule has 0 unspecified atom stereocenters. The van der Waals surface area contributed by atoms with Gasteiger partial charge in [-0.15, -0.1) is 6.58 Å². The fourth-order valence-electron chi connectivity index (χ4n) is 1.48. The summed E-state index contributed by atoms with van der Waals surface area (Å²) in [6, 6.07) is 7.68. The number of hydrogen-bond donors (Lipinski definition) is 2. The van der Waals surface area contributed by atoms with E-state index in [1.54, 1.807) is 6.08 Å². The maximum absolute atomic E-state index is 11.6. The Morgan fingerprint density at radius 2 is 2.20 bits per heavy atom. The minimum atomic E-state index is -0.272. The van der Waals surface area contributed by atoms with Crippen molar-refractivity contribution in [1.82, 2.24) is 15.3 Å². The third kappa shape index (κ3) is 3.89. The van der Waals surface area contributed by atoms with Crippen molar-refractivity contribution in [3.63, 3.8) is 0 Å². The van der Waals surface area contributed by atoms with Crippen molar-refractivity contribution in [1.29, 1.82) is 0 Å². The van der Waals surface area contributed by atoms with Gasteiger partial charge >= 0.3 is 0 Å². The van der Waals surface area contributed by atoms with Crippen LogP contribution < -0.4 is 10.6 Å². The predicted octanol–water partition coefficient (Wildman–Crippen LogP) is 2.90. The van der Waals surface area contributed by atoms with Gasteiger partial charge in [0.25, 0.3) is 5.91 Å². The summed E-state index contributed by atoms with van der Waals surface area (Å²) in [7, 11) is 0. The average Bonchev–Trinajstić information content (AvgIpc) is 2.45. The van der Waals surface area contributed by atoms with Crippen LogP contribution in [-0.2, 0) is 0 Å². The maximum Gasteiger partial charge on any atom is 0.271 e. The van der Waals surface area contributed by atoms with Gasteiger partial charge in [0, 0.05) is 16.7 Å². The Hall–Kier alpha value is -2.21. The maximum atomic E-state index is 11.6. The highest BCUT2D eigenvalue weighted by Gasteiger charge is 2.06. The molecular weight excluding hydrogens is 320 g/mol. The summed E-state index contributed by atoms with van der Waals surface area (Å²) in [4.78, 5) is 19.9. The first kappa shape index (κ1) is 14.2. The second-order valence-corrected chi connectivity index (χ2v) is 4.84. The molecule has 0 atom stereocenters. The predicted molar refractivity (Wildman–Crippen MR) is 82.0 cm³/mol. The molecule has 1 heterocycles. The Kier molecular flexibility index (Phi) is 4.84. The van der Waals surface area contributed by atoms with Crippen molar-refractivity contribution >= 4 is 33.3 Å². The summed E-state index contributed by atoms with van der Waals surface area (Å²) in [5.41, 5.74) is 1.16. The minimum absolute atomic E-state index is 0.270. The molecule has 1 aromatic heterocycles. The van der Waals surface area contributed by atoms with Gasteiger partial charge in [-0.2, -0.15) is 0 Å². The first-order valence-corrected chi connectivity index (χ1v) is 6.72. The third-order valence-corrected chi connectivity index (χ3v) is 2.88. The first-order chi connectivity index (χ1) is 9.69. The van der Waals surface area contributed by atoms with E-state index >= 15 is 0 Å². The number of benzene rings is 1. The molecule has 2 rings (SSSR count). The molecule has 6 heteroatoms. The summed E-state index contributed by atoms with van der Waals surface area (Å²) in [5.74, 6) is 0.301. The van der Waals surface area contributed by atoms with E-state index in [0.717, 1.165) is 10.2 Å². The fourth-order valence-corrected chi connectivity index (χ4v) is 1.88. The molecule has 0 radical (unpaired) electrons. The molecule has 0 fully saturated rings. The van der Waals surface area contributed by atoms with E-state index in [1.807, 2.05) is 24.3 Å². The number of carbonyl (C=O) groups is 1. The van der Waals surface area contributed by atoms with Gasteiger partial charge in [-0.05, 0) is 18.2 Å². The number of carbonyl (C=O) groups excluding carboxylic acids is 1. The number of amides is 1. The van der Waals surface area contributed by atoms with Crippen LogP contribution in [0.15, 0.2) is 53.8 Å². The first-order valence-electron chi connectivity index (χ1n) is 5.93. The highest BCUT2D eigenvalue weighted by atomic mass is 79.9. The molecule has 102 valence electrons. The minimum Gasteiger partial charge on any atom is -0.347 e. The van der Waals surface area contributed by atoms with Gasteiger partial charge < -0.3 is 10.6 Å². The number of nitrogens with zero attached hydrogens (tertiary/aromatic N) is 2. The largest absolute Gasteiger partial charge is 0.347 e. The van der Waals surface area contributed by atoms with E-state index in [1.165, 1.54) is 12.4 Å². The standard InChI is InChI=1S/C14H13BrN4O/c1-2-6-16-14(20)12-8-18-13(9-17-12)19-11-5-3-4-10(15)7-11/h2-5,7-9H,1,6H2,(H,16,20)(H,18,19). The lowest BCUT2D eigenvalue weighted by Crippen LogP contribution is -2.24. The van der Waals surface area contributed by atoms with Gasteiger partial charge in [-0.1, -0.05) is 28.1 Å². The zero-order valence-corrected chi connectivity index (χ0v) is 12.2. The van der Waals surface area contributed by atoms with Crippen LogP contribution in [0.25, 0.3) is 0 Å². The number of halogens is 1. The second-order valence-electron chi connectivity index (χ2n) is 3.92. The van der Waals surface area contributed by atoms with Crippen molar-refractivity contribution in [2.75, 3.05) is 11.9 Å². The van der Waals surface area contributed by atoms with E-state index in [4.69, 9.17) is 0 Å². The Morgan fingerprint density at radius 3 is 2.85 bits per heavy atom. The Labute approximate surface area is 125 Å². The summed E-state index contributed by atoms with van der Waals surface area (Å²) >= 11 is 3.39. The zero-order chi connectivity index (χ0) is 14.4. The van der Waals surface area contributed by atoms with Gasteiger partial charge in [-0.25, -0.2) is 9.97 Å². The smallest absolute Gasteiger partial charge is 0.271 e. The van der Waals surface area contributed by atoms with Crippen LogP contribution in [0.2, 0.25) is 0 Å². The van der Waals surface area contributed by atoms with Gasteiger partial charge in [0.2, 0.25) is 0 Å². The molecule has 0 saturated heterocycles. The van der Waals surface area contributed by atoms with E-state index in [0.29, 0.717) is 12.4 Å². The monoisotopic (exact) mass is 332 g/mol. The number of nitrogens with one attached hydrogen (secondary N) is 2. The van der Waals surface area contributed by atoms with Crippen molar-refractivity contribution in [3.05, 3.63) is 59.5 Å². The van der Waals surface area contributed by atoms with E-state index in [-0.39, 0.29) is 11.6 Å². The van der Waals surface area contributed by atoms with Gasteiger partial charge in [0.15, 0.2) is 0 Å². The molecule has 1 amide bonds. The average molecular weight is 333 g/mol. The van der Waals surface area contributed by atoms with Crippen LogP contribution in [0.3, 0.4) is 0 Å². The molecule has 20 heavy (non-hydrogen) atoms. The molecule has 1 aromatic carbocycles. The summed E-state index contributed by atoms with van der Waals surface area (Å²) in [6.07, 6.45) is 4.55. The fraction of sp³-hybridized carbons (Fsp3) is 0.0714. The van der Waals surface area contributed by atoms with Crippen LogP contribution >= 0.6 is 15.9 Å². The van der Waals surface area contributed by atoms with Gasteiger partial charge in [-0.3, -0.25) is 4.79 Å². The molecule has 2 N–H and O–H groups in total. The summed E-state index contributed by atoms with van der Waals surface area (Å²) in [6.45, 7) is 3.93. The van der Waals surface area contributed by atoms with E-state index in [2.05, 4.69) is 43.1 Å². The molecule has 0 aliphatic carbocycles. The highest BCUT2D eigenvalue weighted by Crippen LogP contribution is 2.18. The lowest BCUT2D eigenvalue weighted by Gasteiger charge is -2.06. The van der Waals surface area contributed by atoms with Crippen molar-refractivity contribution in [2.45, 2.75) is 0 Å². The summed E-state index contributed by atoms with van der Waals surface area (Å²) < 4.78 is 0.968. The number of rotatable bonds is 5. The van der Waals surface area contributed by atoms with Crippen molar-refractivity contribution in [3.8, 4) is 0 Å². The van der Waals surface area contributed by atoms with Crippen LogP contribution in [0.4, 0.5) is 11.5 Å². The van der Waals surface area contributed by atoms with Crippen LogP contribution in [0.1, 0.15) is 10.5 Å². The molecule has 0 bridgehead atoms. The molecule has 0 aliphatic rings. The second kappa shape index (κ2) is 6.81. The highest BCUT2D eigenvalue weighted by molar-refractivity contribution is 9.10. The van der Waals surface area contributed by atoms with Crippen molar-refractivity contribution < 1.29 is 4.79 Å². The molecule has 0 saturated carbocycles. The normalized spacial score (nSPS) is 9.85. The Morgan fingerprint density at radius 1 is 1.35 bits per heavy atom. The van der Waals surface area contributed by atoms with Crippen molar-refractivity contribution in [2.24, 2.45) is 0 Å². The van der Waals surface area contributed by atoms with E-state index < -0.39 is 0 Å². The summed E-state index contributed by atoms with van der Waals surface area (Å²) in [5, 5.41) is 5.74. The molecule has 0 spiro atoms. The Bertz CT molecular complexity index is 613. The molecule has 0 aliphatic heterocycles. The number of hydrogen-bond acceptors (Lipinski definition) is 4. The molecule has 2 aromatic rings. The lowest BCUT2D eigenvalue weighted by molar-refractivity contribution is 0.0952. The lowest BCUT2D eigenvalue weighted by atomic mass is 10.3. The molecule has 5 nitrogen and oxygen atoms in total. The number of anilines is 2. The van der Waals surface area contributed by atoms with Crippen LogP contribution in [0, 0.1) is 0 Å². The zero-order valence-electron chi connectivity index (χ0n) is 10.6. The molecular formula is C14H13BrN4O. The van der Waals surface area contributed by atoms with Crippen LogP contribution in [-0.4, -0.2) is 22.4 Å².